The van der Waals surface area contributed by atoms with Crippen molar-refractivity contribution in [2.24, 2.45) is 0 Å². The molecule has 0 aromatic heterocycles. The molecule has 0 saturated heterocycles. The van der Waals surface area contributed by atoms with Crippen LogP contribution < -0.4 is 10.6 Å². The van der Waals surface area contributed by atoms with Gasteiger partial charge in [0.25, 0.3) is 5.91 Å². The van der Waals surface area contributed by atoms with Crippen molar-refractivity contribution in [3.05, 3.63) is 84.3 Å². The molecule has 1 atom stereocenters. The molecular formula is C24H15Cl5N2O6S. The van der Waals surface area contributed by atoms with E-state index in [9.17, 15) is 29.4 Å². The van der Waals surface area contributed by atoms with Crippen molar-refractivity contribution in [1.82, 2.24) is 0 Å². The monoisotopic (exact) mass is 634 g/mol. The molecule has 0 heterocycles. The lowest BCUT2D eigenvalue weighted by Crippen LogP contribution is -2.22. The molecule has 0 aliphatic heterocycles. The van der Waals surface area contributed by atoms with E-state index in [2.05, 4.69) is 10.6 Å². The van der Waals surface area contributed by atoms with Crippen molar-refractivity contribution in [3.8, 4) is 0 Å². The van der Waals surface area contributed by atoms with Crippen molar-refractivity contribution in [1.29, 1.82) is 0 Å². The summed E-state index contributed by atoms with van der Waals surface area (Å²) in [5.41, 5.74) is -0.595. The number of carboxylic acid groups (broad SMARTS) is 2. The van der Waals surface area contributed by atoms with Crippen LogP contribution in [0.25, 0.3) is 0 Å². The van der Waals surface area contributed by atoms with Crippen LogP contribution in [-0.2, 0) is 4.79 Å². The maximum atomic E-state index is 12.9. The molecule has 0 spiro atoms. The van der Waals surface area contributed by atoms with Gasteiger partial charge in [-0.2, -0.15) is 0 Å². The van der Waals surface area contributed by atoms with Gasteiger partial charge in [0.05, 0.1) is 47.1 Å². The normalized spacial score (nSPS) is 11.5. The summed E-state index contributed by atoms with van der Waals surface area (Å²) in [6.07, 6.45) is 0. The fourth-order valence-electron chi connectivity index (χ4n) is 3.12. The van der Waals surface area contributed by atoms with E-state index in [1.54, 1.807) is 19.1 Å². The van der Waals surface area contributed by atoms with E-state index in [0.29, 0.717) is 10.6 Å². The highest BCUT2D eigenvalue weighted by molar-refractivity contribution is 8.00. The summed E-state index contributed by atoms with van der Waals surface area (Å²) in [4.78, 5) is 49.1. The number of halogens is 5. The van der Waals surface area contributed by atoms with Gasteiger partial charge in [-0.1, -0.05) is 58.0 Å². The predicted molar refractivity (Wildman–Crippen MR) is 150 cm³/mol. The van der Waals surface area contributed by atoms with E-state index >= 15 is 0 Å². The second-order valence-corrected chi connectivity index (χ2v) is 10.9. The second-order valence-electron chi connectivity index (χ2n) is 7.54. The van der Waals surface area contributed by atoms with Gasteiger partial charge in [0.1, 0.15) is 0 Å². The molecule has 1 unspecified atom stereocenters. The van der Waals surface area contributed by atoms with Crippen molar-refractivity contribution in [3.63, 3.8) is 0 Å². The zero-order valence-electron chi connectivity index (χ0n) is 18.9. The minimum absolute atomic E-state index is 0.0498. The molecular weight excluding hydrogens is 622 g/mol. The van der Waals surface area contributed by atoms with Crippen LogP contribution in [0.4, 0.5) is 11.4 Å². The standard InChI is InChI=1S/C24H15Cl5N2O6S/c1-9(21(32)31-11-4-7-14(25)13(8-11)23(34)35)38-12-5-2-10(3-6-12)30-22(33)15-16(24(36)37)18(27)20(29)19(28)17(15)26/h2-9H,1H3,(H,30,33)(H,31,32)(H,34,35)(H,36,37). The molecule has 3 rings (SSSR count). The number of benzene rings is 3. The van der Waals surface area contributed by atoms with Crippen molar-refractivity contribution >= 4 is 105 Å². The number of carbonyl (C=O) groups excluding carboxylic acids is 2. The van der Waals surface area contributed by atoms with Gasteiger partial charge in [-0.3, -0.25) is 9.59 Å². The van der Waals surface area contributed by atoms with Gasteiger partial charge in [0, 0.05) is 16.3 Å². The van der Waals surface area contributed by atoms with E-state index in [1.165, 1.54) is 42.1 Å². The molecule has 8 nitrogen and oxygen atoms in total. The quantitative estimate of drug-likeness (QED) is 0.113. The molecule has 3 aromatic rings. The highest BCUT2D eigenvalue weighted by Crippen LogP contribution is 2.42. The van der Waals surface area contributed by atoms with E-state index in [-0.39, 0.29) is 37.2 Å². The van der Waals surface area contributed by atoms with E-state index in [1.807, 2.05) is 0 Å². The smallest absolute Gasteiger partial charge is 0.338 e. The number of hydrogen-bond acceptors (Lipinski definition) is 5. The zero-order valence-corrected chi connectivity index (χ0v) is 23.5. The molecule has 0 bridgehead atoms. The van der Waals surface area contributed by atoms with Gasteiger partial charge in [0.15, 0.2) is 0 Å². The Kier molecular flexibility index (Phi) is 9.80. The Morgan fingerprint density at radius 2 is 1.29 bits per heavy atom. The van der Waals surface area contributed by atoms with E-state index in [0.717, 1.165) is 0 Å². The van der Waals surface area contributed by atoms with Crippen molar-refractivity contribution < 1.29 is 29.4 Å². The number of rotatable bonds is 8. The molecule has 0 saturated carbocycles. The minimum Gasteiger partial charge on any atom is -0.478 e. The Morgan fingerprint density at radius 3 is 1.84 bits per heavy atom. The minimum atomic E-state index is -1.52. The molecule has 198 valence electrons. The Bertz CT molecular complexity index is 1470. The highest BCUT2D eigenvalue weighted by Gasteiger charge is 2.29. The zero-order chi connectivity index (χ0) is 28.3. The maximum absolute atomic E-state index is 12.9. The number of aromatic carboxylic acids is 2. The van der Waals surface area contributed by atoms with Gasteiger partial charge in [-0.15, -0.1) is 11.8 Å². The van der Waals surface area contributed by atoms with Gasteiger partial charge in [0.2, 0.25) is 5.91 Å². The third kappa shape index (κ3) is 6.66. The third-order valence-electron chi connectivity index (χ3n) is 4.97. The molecule has 14 heteroatoms. The largest absolute Gasteiger partial charge is 0.478 e. The summed E-state index contributed by atoms with van der Waals surface area (Å²) in [5.74, 6) is -3.98. The number of anilines is 2. The number of nitrogens with one attached hydrogen (secondary N) is 2. The van der Waals surface area contributed by atoms with Crippen LogP contribution in [0.3, 0.4) is 0 Å². The SMILES string of the molecule is CC(Sc1ccc(NC(=O)c2c(Cl)c(Cl)c(Cl)c(Cl)c2C(=O)O)cc1)C(=O)Nc1ccc(Cl)c(C(=O)O)c1. The Hall–Kier alpha value is -2.66. The van der Waals surface area contributed by atoms with Crippen LogP contribution in [0.1, 0.15) is 38.0 Å². The molecule has 2 amide bonds. The molecule has 0 aliphatic carbocycles. The summed E-state index contributed by atoms with van der Waals surface area (Å²) in [6.45, 7) is 1.66. The number of hydrogen-bond donors (Lipinski definition) is 4. The lowest BCUT2D eigenvalue weighted by Gasteiger charge is -2.15. The summed E-state index contributed by atoms with van der Waals surface area (Å²) in [5, 5.41) is 22.0. The summed E-state index contributed by atoms with van der Waals surface area (Å²) < 4.78 is 0. The van der Waals surface area contributed by atoms with Crippen LogP contribution in [0.15, 0.2) is 47.4 Å². The fourth-order valence-corrected chi connectivity index (χ4v) is 5.21. The lowest BCUT2D eigenvalue weighted by atomic mass is 10.1. The Morgan fingerprint density at radius 1 is 0.737 bits per heavy atom. The molecule has 4 N–H and O–H groups in total. The van der Waals surface area contributed by atoms with Crippen LogP contribution in [-0.4, -0.2) is 39.2 Å². The average molecular weight is 637 g/mol. The molecule has 0 aliphatic rings. The van der Waals surface area contributed by atoms with Gasteiger partial charge < -0.3 is 20.8 Å². The van der Waals surface area contributed by atoms with Crippen LogP contribution in [0.2, 0.25) is 25.1 Å². The number of amides is 2. The number of carboxylic acids is 2. The summed E-state index contributed by atoms with van der Waals surface area (Å²) >= 11 is 31.1. The first-order valence-electron chi connectivity index (χ1n) is 10.3. The van der Waals surface area contributed by atoms with Gasteiger partial charge >= 0.3 is 11.9 Å². The third-order valence-corrected chi connectivity index (χ3v) is 8.21. The van der Waals surface area contributed by atoms with Crippen LogP contribution in [0.5, 0.6) is 0 Å². The van der Waals surface area contributed by atoms with Crippen LogP contribution in [0, 0.1) is 0 Å². The predicted octanol–water partition coefficient (Wildman–Crippen LogP) is 7.72. The topological polar surface area (TPSA) is 133 Å². The maximum Gasteiger partial charge on any atom is 0.338 e. The van der Waals surface area contributed by atoms with E-state index < -0.39 is 39.2 Å². The highest BCUT2D eigenvalue weighted by atomic mass is 35.5. The van der Waals surface area contributed by atoms with Crippen molar-refractivity contribution in [2.75, 3.05) is 10.6 Å². The first-order chi connectivity index (χ1) is 17.8. The molecule has 0 fully saturated rings. The molecule has 38 heavy (non-hydrogen) atoms. The molecule has 0 radical (unpaired) electrons. The number of carbonyl (C=O) groups is 4. The van der Waals surface area contributed by atoms with Crippen LogP contribution >= 0.6 is 69.8 Å². The van der Waals surface area contributed by atoms with Gasteiger partial charge in [-0.25, -0.2) is 9.59 Å². The summed E-state index contributed by atoms with van der Waals surface area (Å²) in [6, 6.07) is 10.5. The molecule has 3 aromatic carbocycles. The Labute approximate surface area is 245 Å². The average Bonchev–Trinajstić information content (AvgIpc) is 2.86. The van der Waals surface area contributed by atoms with Crippen molar-refractivity contribution in [2.45, 2.75) is 17.1 Å². The number of thioether (sulfide) groups is 1. The Balaban J connectivity index is 1.71. The van der Waals surface area contributed by atoms with E-state index in [4.69, 9.17) is 58.0 Å². The summed E-state index contributed by atoms with van der Waals surface area (Å²) in [7, 11) is 0. The first kappa shape index (κ1) is 29.9. The second kappa shape index (κ2) is 12.5. The first-order valence-corrected chi connectivity index (χ1v) is 13.1. The lowest BCUT2D eigenvalue weighted by molar-refractivity contribution is -0.115. The fraction of sp³-hybridized carbons (Fsp3) is 0.0833. The van der Waals surface area contributed by atoms with Gasteiger partial charge in [-0.05, 0) is 49.4 Å².